The number of halogens is 1. The molecule has 0 N–H and O–H groups in total. The molecule has 6 nitrogen and oxygen atoms in total. The molecule has 0 amide bonds. The van der Waals surface area contributed by atoms with Gasteiger partial charge < -0.3 is 9.47 Å². The van der Waals surface area contributed by atoms with Crippen molar-refractivity contribution < 1.29 is 9.47 Å². The van der Waals surface area contributed by atoms with E-state index < -0.39 is 8.07 Å². The largest absolute Gasteiger partial charge is 0.356 e. The van der Waals surface area contributed by atoms with E-state index in [0.717, 1.165) is 70.2 Å². The summed E-state index contributed by atoms with van der Waals surface area (Å²) in [5.41, 5.74) is 6.81. The normalized spacial score (nSPS) is 21.4. The van der Waals surface area contributed by atoms with Crippen molar-refractivity contribution in [2.45, 2.75) is 109 Å². The molecule has 2 aliphatic heterocycles. The molecule has 2 unspecified atom stereocenters. The third kappa shape index (κ3) is 9.39. The van der Waals surface area contributed by atoms with E-state index in [1.807, 2.05) is 27.8 Å². The summed E-state index contributed by atoms with van der Waals surface area (Å²) in [6.45, 7) is 8.61. The maximum Gasteiger partial charge on any atom is 0.150 e. The maximum atomic E-state index is 5.83. The average Bonchev–Trinajstić information content (AvgIpc) is 3.64. The quantitative estimate of drug-likeness (QED) is 0.153. The molecule has 4 fully saturated rings. The van der Waals surface area contributed by atoms with E-state index in [0.29, 0.717) is 5.92 Å². The minimum Gasteiger partial charge on any atom is -0.356 e. The molecule has 47 heavy (non-hydrogen) atoms. The summed E-state index contributed by atoms with van der Waals surface area (Å²) < 4.78 is 16.7. The van der Waals surface area contributed by atoms with Crippen molar-refractivity contribution in [1.29, 1.82) is 0 Å². The zero-order valence-corrected chi connectivity index (χ0v) is 30.9. The van der Waals surface area contributed by atoms with Gasteiger partial charge in [-0.25, -0.2) is 9.36 Å². The number of hydrogen-bond donors (Lipinski definition) is 0. The fourth-order valence-electron chi connectivity index (χ4n) is 6.06. The molecule has 0 spiro atoms. The summed E-state index contributed by atoms with van der Waals surface area (Å²) in [5, 5.41) is 11.3. The van der Waals surface area contributed by atoms with E-state index in [2.05, 4.69) is 99.4 Å². The highest BCUT2D eigenvalue weighted by Crippen LogP contribution is 2.29. The SMILES string of the molecule is Brc1ccc2c(cnn2C2CCCCO2)c1.C(#CC1CCC1)c1ccc2c(cnn2C2CCCCO2)c1.C[Si](C)(C)C#CC1CCC1. The predicted molar refractivity (Wildman–Crippen MR) is 198 cm³/mol. The number of aromatic nitrogens is 4. The maximum absolute atomic E-state index is 5.83. The highest BCUT2D eigenvalue weighted by atomic mass is 79.9. The summed E-state index contributed by atoms with van der Waals surface area (Å²) in [4.78, 5) is 0. The molecule has 2 aromatic heterocycles. The van der Waals surface area contributed by atoms with E-state index in [4.69, 9.17) is 9.47 Å². The second-order valence-electron chi connectivity index (χ2n) is 14.3. The Hall–Kier alpha value is -2.88. The monoisotopic (exact) mass is 712 g/mol. The first-order valence-electron chi connectivity index (χ1n) is 17.7. The van der Waals surface area contributed by atoms with E-state index in [-0.39, 0.29) is 12.5 Å². The van der Waals surface area contributed by atoms with Crippen LogP contribution in [0.4, 0.5) is 0 Å². The molecule has 4 aliphatic rings. The van der Waals surface area contributed by atoms with Gasteiger partial charge in [0.2, 0.25) is 0 Å². The van der Waals surface area contributed by atoms with Gasteiger partial charge in [-0.3, -0.25) is 0 Å². The van der Waals surface area contributed by atoms with Gasteiger partial charge in [-0.05, 0) is 101 Å². The summed E-state index contributed by atoms with van der Waals surface area (Å²) >= 11 is 3.47. The predicted octanol–water partition coefficient (Wildman–Crippen LogP) is 10.1. The van der Waals surface area contributed by atoms with Crippen molar-refractivity contribution in [2.75, 3.05) is 13.2 Å². The molecule has 4 aromatic rings. The summed E-state index contributed by atoms with van der Waals surface area (Å²) in [5.74, 6) is 11.4. The Labute approximate surface area is 290 Å². The van der Waals surface area contributed by atoms with Gasteiger partial charge in [0.25, 0.3) is 0 Å². The smallest absolute Gasteiger partial charge is 0.150 e. The van der Waals surface area contributed by atoms with Crippen LogP contribution >= 0.6 is 15.9 Å². The highest BCUT2D eigenvalue weighted by Gasteiger charge is 2.20. The lowest BCUT2D eigenvalue weighted by atomic mass is 9.86. The molecule has 2 saturated heterocycles. The second kappa shape index (κ2) is 16.0. The third-order valence-electron chi connectivity index (χ3n) is 9.29. The first-order chi connectivity index (χ1) is 22.8. The van der Waals surface area contributed by atoms with Gasteiger partial charge >= 0.3 is 0 Å². The van der Waals surface area contributed by atoms with Crippen LogP contribution in [0.15, 0.2) is 53.3 Å². The van der Waals surface area contributed by atoms with Gasteiger partial charge in [-0.2, -0.15) is 10.2 Å². The van der Waals surface area contributed by atoms with Gasteiger partial charge in [-0.15, -0.1) is 11.5 Å². The molecular formula is C39H49BrN4O2Si. The average molecular weight is 714 g/mol. The Morgan fingerprint density at radius 3 is 1.74 bits per heavy atom. The number of benzene rings is 2. The number of fused-ring (bicyclic) bond motifs is 2. The molecule has 0 bridgehead atoms. The van der Waals surface area contributed by atoms with Crippen LogP contribution in [-0.4, -0.2) is 40.8 Å². The minimum atomic E-state index is -1.06. The first kappa shape index (κ1) is 34.0. The highest BCUT2D eigenvalue weighted by molar-refractivity contribution is 9.10. The molecule has 2 saturated carbocycles. The second-order valence-corrected chi connectivity index (χ2v) is 20.0. The molecular weight excluding hydrogens is 664 g/mol. The van der Waals surface area contributed by atoms with E-state index in [9.17, 15) is 0 Å². The molecule has 4 heterocycles. The molecule has 2 aliphatic carbocycles. The minimum absolute atomic E-state index is 0.100. The van der Waals surface area contributed by atoms with E-state index >= 15 is 0 Å². The lowest BCUT2D eigenvalue weighted by Crippen LogP contribution is -2.18. The number of nitrogens with zero attached hydrogens (tertiary/aromatic N) is 4. The van der Waals surface area contributed by atoms with Crippen molar-refractivity contribution >= 4 is 45.8 Å². The number of hydrogen-bond acceptors (Lipinski definition) is 4. The van der Waals surface area contributed by atoms with Crippen molar-refractivity contribution in [3.05, 3.63) is 58.8 Å². The van der Waals surface area contributed by atoms with Gasteiger partial charge in [-0.1, -0.05) is 60.3 Å². The molecule has 248 valence electrons. The summed E-state index contributed by atoms with van der Waals surface area (Å²) in [6, 6.07) is 12.6. The van der Waals surface area contributed by atoms with Crippen LogP contribution in [0.5, 0.6) is 0 Å². The van der Waals surface area contributed by atoms with Crippen LogP contribution in [-0.2, 0) is 9.47 Å². The lowest BCUT2D eigenvalue weighted by molar-refractivity contribution is -0.0367. The lowest BCUT2D eigenvalue weighted by Gasteiger charge is -2.23. The Morgan fingerprint density at radius 2 is 1.23 bits per heavy atom. The fourth-order valence-corrected chi connectivity index (χ4v) is 7.07. The zero-order valence-electron chi connectivity index (χ0n) is 28.3. The molecule has 2 atom stereocenters. The molecule has 8 rings (SSSR count). The standard InChI is InChI=1S/C18H20N2O.C12H13BrN2O.C9H16Si/c1-2-11-21-18(6-1)20-17-10-9-15(12-16(17)13-19-20)8-7-14-4-3-5-14;13-10-4-5-11-9(7-10)8-14-15(11)12-3-1-2-6-16-12;1-10(2,3)8-7-9-5-4-6-9/h9-10,12-14,18H,1-6,11H2;4-5,7-8,12H,1-3,6H2;9H,4-6H2,1-3H3. The number of ether oxygens (including phenoxy) is 2. The van der Waals surface area contributed by atoms with Crippen molar-refractivity contribution in [3.63, 3.8) is 0 Å². The Balaban J connectivity index is 0.000000132. The van der Waals surface area contributed by atoms with Gasteiger partial charge in [0, 0.05) is 45.9 Å². The van der Waals surface area contributed by atoms with Crippen LogP contribution in [0.2, 0.25) is 19.6 Å². The van der Waals surface area contributed by atoms with Crippen LogP contribution in [0, 0.1) is 35.1 Å². The van der Waals surface area contributed by atoms with Crippen molar-refractivity contribution in [2.24, 2.45) is 11.8 Å². The fraction of sp³-hybridized carbons (Fsp3) is 0.538. The summed E-state index contributed by atoms with van der Waals surface area (Å²) in [6.07, 6.45) is 18.9. The molecule has 2 aromatic carbocycles. The van der Waals surface area contributed by atoms with Gasteiger partial charge in [0.15, 0.2) is 12.5 Å². The zero-order chi connectivity index (χ0) is 32.6. The third-order valence-corrected chi connectivity index (χ3v) is 10.7. The Bertz CT molecular complexity index is 1750. The first-order valence-corrected chi connectivity index (χ1v) is 22.0. The number of rotatable bonds is 2. The molecule has 0 radical (unpaired) electrons. The van der Waals surface area contributed by atoms with Crippen molar-refractivity contribution in [1.82, 2.24) is 19.6 Å². The topological polar surface area (TPSA) is 54.1 Å². The van der Waals surface area contributed by atoms with E-state index in [1.54, 1.807) is 0 Å². The Kier molecular flexibility index (Phi) is 11.6. The Morgan fingerprint density at radius 1 is 0.681 bits per heavy atom. The van der Waals surface area contributed by atoms with Gasteiger partial charge in [0.1, 0.15) is 8.07 Å². The van der Waals surface area contributed by atoms with Crippen LogP contribution in [0.25, 0.3) is 21.8 Å². The van der Waals surface area contributed by atoms with Crippen molar-refractivity contribution in [3.8, 4) is 23.3 Å². The summed E-state index contributed by atoms with van der Waals surface area (Å²) in [7, 11) is -1.06. The molecule has 8 heteroatoms. The van der Waals surface area contributed by atoms with Gasteiger partial charge in [0.05, 0.1) is 23.4 Å². The van der Waals surface area contributed by atoms with Crippen LogP contribution in [0.1, 0.15) is 95.1 Å². The van der Waals surface area contributed by atoms with Crippen LogP contribution in [0.3, 0.4) is 0 Å². The van der Waals surface area contributed by atoms with Crippen LogP contribution < -0.4 is 0 Å². The van der Waals surface area contributed by atoms with E-state index in [1.165, 1.54) is 57.8 Å².